The van der Waals surface area contributed by atoms with E-state index in [1.807, 2.05) is 4.57 Å². The Hall–Kier alpha value is -1.76. The van der Waals surface area contributed by atoms with Crippen LogP contribution in [-0.4, -0.2) is 34.9 Å². The monoisotopic (exact) mass is 236 g/mol. The van der Waals surface area contributed by atoms with Gasteiger partial charge >= 0.3 is 0 Å². The number of nitrogens with zero attached hydrogens (tertiary/aromatic N) is 6. The van der Waals surface area contributed by atoms with Gasteiger partial charge in [0.05, 0.1) is 25.3 Å². The molecule has 0 bridgehead atoms. The predicted octanol–water partition coefficient (Wildman–Crippen LogP) is 0.0927. The van der Waals surface area contributed by atoms with Crippen LogP contribution in [0, 0.1) is 0 Å². The summed E-state index contributed by atoms with van der Waals surface area (Å²) in [5, 5.41) is 21.7. The summed E-state index contributed by atoms with van der Waals surface area (Å²) in [4.78, 5) is 5.43. The van der Waals surface area contributed by atoms with Crippen molar-refractivity contribution in [2.75, 3.05) is 0 Å². The molecule has 2 heterocycles. The lowest BCUT2D eigenvalue weighted by atomic mass is 10.2. The van der Waals surface area contributed by atoms with E-state index >= 15 is 0 Å². The van der Waals surface area contributed by atoms with E-state index in [-0.39, 0.29) is 0 Å². The Labute approximate surface area is 99.1 Å². The lowest BCUT2D eigenvalue weighted by molar-refractivity contribution is 0.166. The molecule has 0 aliphatic heterocycles. The average molecular weight is 236 g/mol. The molecule has 0 amide bonds. The van der Waals surface area contributed by atoms with E-state index in [9.17, 15) is 5.11 Å². The maximum Gasteiger partial charge on any atom is 0.177 e. The van der Waals surface area contributed by atoms with Crippen LogP contribution < -0.4 is 0 Å². The molecular formula is C10H16N6O. The van der Waals surface area contributed by atoms with Crippen LogP contribution in [0.4, 0.5) is 0 Å². The van der Waals surface area contributed by atoms with Crippen molar-refractivity contribution in [3.05, 3.63) is 24.0 Å². The topological polar surface area (TPSA) is 81.6 Å². The Kier molecular flexibility index (Phi) is 3.48. The molecule has 0 radical (unpaired) electrons. The minimum atomic E-state index is -0.645. The molecule has 2 rings (SSSR count). The Morgan fingerprint density at radius 2 is 2.29 bits per heavy atom. The number of aryl methyl sites for hydroxylation is 2. The van der Waals surface area contributed by atoms with Crippen LogP contribution in [0.2, 0.25) is 0 Å². The zero-order valence-electron chi connectivity index (χ0n) is 9.98. The van der Waals surface area contributed by atoms with Crippen LogP contribution in [0.1, 0.15) is 31.0 Å². The predicted molar refractivity (Wildman–Crippen MR) is 60.0 cm³/mol. The van der Waals surface area contributed by atoms with Crippen LogP contribution in [0.3, 0.4) is 0 Å². The van der Waals surface area contributed by atoms with Gasteiger partial charge in [-0.1, -0.05) is 6.92 Å². The molecule has 2 aromatic heterocycles. The number of tetrazole rings is 1. The van der Waals surface area contributed by atoms with Gasteiger partial charge in [-0.3, -0.25) is 0 Å². The molecule has 0 saturated carbocycles. The highest BCUT2D eigenvalue weighted by Gasteiger charge is 2.15. The smallest absolute Gasteiger partial charge is 0.177 e. The van der Waals surface area contributed by atoms with Gasteiger partial charge < -0.3 is 9.67 Å². The number of imidazole rings is 1. The molecule has 1 atom stereocenters. The second-order valence-electron chi connectivity index (χ2n) is 3.93. The zero-order chi connectivity index (χ0) is 12.3. The van der Waals surface area contributed by atoms with Gasteiger partial charge in [0.25, 0.3) is 0 Å². The third-order valence-electron chi connectivity index (χ3n) is 2.48. The fourth-order valence-corrected chi connectivity index (χ4v) is 1.72. The van der Waals surface area contributed by atoms with Gasteiger partial charge in [-0.05, 0) is 11.6 Å². The van der Waals surface area contributed by atoms with E-state index in [1.165, 1.54) is 4.80 Å². The Morgan fingerprint density at radius 1 is 1.47 bits per heavy atom. The van der Waals surface area contributed by atoms with Crippen LogP contribution >= 0.6 is 0 Å². The van der Waals surface area contributed by atoms with Crippen molar-refractivity contribution in [1.29, 1.82) is 0 Å². The number of rotatable bonds is 5. The molecule has 17 heavy (non-hydrogen) atoms. The molecule has 0 aliphatic rings. The molecule has 7 nitrogen and oxygen atoms in total. The molecule has 1 unspecified atom stereocenters. The summed E-state index contributed by atoms with van der Waals surface area (Å²) in [5.41, 5.74) is 0.791. The van der Waals surface area contributed by atoms with Gasteiger partial charge in [0, 0.05) is 13.0 Å². The minimum Gasteiger partial charge on any atom is -0.386 e. The Bertz CT molecular complexity index is 477. The summed E-state index contributed by atoms with van der Waals surface area (Å²) in [5.74, 6) is 0.532. The average Bonchev–Trinajstić information content (AvgIpc) is 2.88. The molecular weight excluding hydrogens is 220 g/mol. The summed E-state index contributed by atoms with van der Waals surface area (Å²) < 4.78 is 1.95. The maximum absolute atomic E-state index is 10.1. The molecule has 0 spiro atoms. The van der Waals surface area contributed by atoms with E-state index in [1.54, 1.807) is 19.6 Å². The zero-order valence-corrected chi connectivity index (χ0v) is 9.98. The first-order chi connectivity index (χ1) is 8.20. The third kappa shape index (κ3) is 2.68. The van der Waals surface area contributed by atoms with Gasteiger partial charge in [0.1, 0.15) is 6.10 Å². The highest BCUT2D eigenvalue weighted by molar-refractivity contribution is 5.05. The van der Waals surface area contributed by atoms with E-state index in [0.717, 1.165) is 18.7 Å². The Morgan fingerprint density at radius 3 is 2.94 bits per heavy atom. The van der Waals surface area contributed by atoms with Crippen molar-refractivity contribution in [2.45, 2.75) is 32.4 Å². The van der Waals surface area contributed by atoms with Crippen LogP contribution in [-0.2, 0) is 20.0 Å². The van der Waals surface area contributed by atoms with Gasteiger partial charge in [0.2, 0.25) is 0 Å². The van der Waals surface area contributed by atoms with Crippen LogP contribution in [0.5, 0.6) is 0 Å². The fourth-order valence-electron chi connectivity index (χ4n) is 1.72. The van der Waals surface area contributed by atoms with Crippen LogP contribution in [0.25, 0.3) is 0 Å². The van der Waals surface area contributed by atoms with Gasteiger partial charge in [-0.25, -0.2) is 4.98 Å². The fraction of sp³-hybridized carbons (Fsp3) is 0.600. The molecule has 0 fully saturated rings. The summed E-state index contributed by atoms with van der Waals surface area (Å²) in [6.07, 6.45) is 4.11. The third-order valence-corrected chi connectivity index (χ3v) is 2.48. The van der Waals surface area contributed by atoms with E-state index in [2.05, 4.69) is 27.3 Å². The normalized spacial score (nSPS) is 12.9. The first-order valence-electron chi connectivity index (χ1n) is 5.61. The number of hydrogen-bond donors (Lipinski definition) is 1. The molecule has 2 aromatic rings. The second-order valence-corrected chi connectivity index (χ2v) is 3.93. The van der Waals surface area contributed by atoms with Crippen molar-refractivity contribution in [3.63, 3.8) is 0 Å². The SMILES string of the molecule is CCCn1cncc1C(O)Cc1nnn(C)n1. The highest BCUT2D eigenvalue weighted by atomic mass is 16.3. The van der Waals surface area contributed by atoms with Gasteiger partial charge in [-0.2, -0.15) is 4.80 Å². The van der Waals surface area contributed by atoms with E-state index in [0.29, 0.717) is 12.2 Å². The Balaban J connectivity index is 2.08. The maximum atomic E-state index is 10.1. The molecule has 1 N–H and O–H groups in total. The first kappa shape index (κ1) is 11.7. The van der Waals surface area contributed by atoms with Crippen molar-refractivity contribution in [1.82, 2.24) is 29.8 Å². The number of aliphatic hydroxyl groups is 1. The lowest BCUT2D eigenvalue weighted by Gasteiger charge is -2.11. The summed E-state index contributed by atoms with van der Waals surface area (Å²) in [6.45, 7) is 2.93. The van der Waals surface area contributed by atoms with Crippen molar-refractivity contribution in [3.8, 4) is 0 Å². The minimum absolute atomic E-state index is 0.350. The number of aliphatic hydroxyl groups excluding tert-OH is 1. The van der Waals surface area contributed by atoms with Crippen molar-refractivity contribution in [2.24, 2.45) is 7.05 Å². The summed E-state index contributed by atoms with van der Waals surface area (Å²) in [7, 11) is 1.70. The number of aromatic nitrogens is 6. The van der Waals surface area contributed by atoms with Gasteiger partial charge in [-0.15, -0.1) is 10.2 Å². The molecule has 7 heteroatoms. The molecule has 0 saturated heterocycles. The van der Waals surface area contributed by atoms with E-state index in [4.69, 9.17) is 0 Å². The van der Waals surface area contributed by atoms with Crippen molar-refractivity contribution >= 4 is 0 Å². The summed E-state index contributed by atoms with van der Waals surface area (Å²) in [6, 6.07) is 0. The standard InChI is InChI=1S/C10H16N6O/c1-3-4-16-7-11-6-8(16)9(17)5-10-12-14-15(2)13-10/h6-7,9,17H,3-5H2,1-2H3. The van der Waals surface area contributed by atoms with Crippen molar-refractivity contribution < 1.29 is 5.11 Å². The van der Waals surface area contributed by atoms with E-state index < -0.39 is 6.10 Å². The first-order valence-corrected chi connectivity index (χ1v) is 5.61. The molecule has 92 valence electrons. The van der Waals surface area contributed by atoms with Crippen LogP contribution in [0.15, 0.2) is 12.5 Å². The highest BCUT2D eigenvalue weighted by Crippen LogP contribution is 2.16. The quantitative estimate of drug-likeness (QED) is 0.795. The molecule has 0 aromatic carbocycles. The lowest BCUT2D eigenvalue weighted by Crippen LogP contribution is -2.10. The second kappa shape index (κ2) is 5.05. The molecule has 0 aliphatic carbocycles. The summed E-state index contributed by atoms with van der Waals surface area (Å²) >= 11 is 0. The number of hydrogen-bond acceptors (Lipinski definition) is 5. The van der Waals surface area contributed by atoms with Gasteiger partial charge in [0.15, 0.2) is 5.82 Å². The largest absolute Gasteiger partial charge is 0.386 e.